The predicted molar refractivity (Wildman–Crippen MR) is 37.1 cm³/mol. The maximum atomic E-state index is 12.4. The molecule has 0 aliphatic heterocycles. The first-order chi connectivity index (χ1) is 4.61. The van der Waals surface area contributed by atoms with Crippen molar-refractivity contribution in [2.24, 2.45) is 11.3 Å². The monoisotopic (exact) mass is 148 g/mol. The summed E-state index contributed by atoms with van der Waals surface area (Å²) in [5.74, 6) is -2.59. The van der Waals surface area contributed by atoms with Crippen LogP contribution in [0.25, 0.3) is 0 Å². The van der Waals surface area contributed by atoms with E-state index in [1.807, 2.05) is 13.8 Å². The fraction of sp³-hybridized carbons (Fsp3) is 1.00. The summed E-state index contributed by atoms with van der Waals surface area (Å²) in [5.41, 5.74) is -0.479. The Balaban J connectivity index is 0.000000231. The van der Waals surface area contributed by atoms with E-state index in [4.69, 9.17) is 0 Å². The second-order valence-corrected chi connectivity index (χ2v) is 3.00. The minimum absolute atomic E-state index is 0.310. The highest BCUT2D eigenvalue weighted by atomic mass is 19.3. The molecule has 1 atom stereocenters. The van der Waals surface area contributed by atoms with Crippen LogP contribution in [0.4, 0.5) is 8.78 Å². The van der Waals surface area contributed by atoms with Gasteiger partial charge >= 0.3 is 0 Å². The van der Waals surface area contributed by atoms with Crippen molar-refractivity contribution in [2.45, 2.75) is 39.5 Å². The lowest BCUT2D eigenvalue weighted by molar-refractivity contribution is 0.0820. The van der Waals surface area contributed by atoms with Gasteiger partial charge in [0.1, 0.15) is 0 Å². The van der Waals surface area contributed by atoms with Crippen LogP contribution in [0.1, 0.15) is 33.6 Å². The van der Waals surface area contributed by atoms with Gasteiger partial charge in [0.05, 0.1) is 0 Å². The molecule has 2 rings (SSSR count). The van der Waals surface area contributed by atoms with Crippen LogP contribution < -0.4 is 0 Å². The Labute approximate surface area is 60.6 Å². The number of hydrogen-bond donors (Lipinski definition) is 0. The minimum atomic E-state index is -2.28. The smallest absolute Gasteiger partial charge is 0.206 e. The third-order valence-corrected chi connectivity index (χ3v) is 2.74. The first-order valence-electron chi connectivity index (χ1n) is 3.99. The molecule has 0 aromatic rings. The van der Waals surface area contributed by atoms with Crippen molar-refractivity contribution in [1.82, 2.24) is 0 Å². The molecule has 0 aromatic heterocycles. The van der Waals surface area contributed by atoms with Crippen LogP contribution >= 0.6 is 0 Å². The van der Waals surface area contributed by atoms with Crippen molar-refractivity contribution in [3.05, 3.63) is 0 Å². The van der Waals surface area contributed by atoms with Gasteiger partial charge in [0, 0.05) is 11.3 Å². The SMILES string of the molecule is CC.CC1C(F)(F)C12CC2. The van der Waals surface area contributed by atoms with Crippen molar-refractivity contribution in [3.63, 3.8) is 0 Å². The highest BCUT2D eigenvalue weighted by Crippen LogP contribution is 2.79. The van der Waals surface area contributed by atoms with Gasteiger partial charge in [-0.3, -0.25) is 0 Å². The Bertz CT molecular complexity index is 132. The Hall–Kier alpha value is -0.140. The average molecular weight is 148 g/mol. The van der Waals surface area contributed by atoms with Gasteiger partial charge in [-0.15, -0.1) is 0 Å². The van der Waals surface area contributed by atoms with Gasteiger partial charge in [-0.25, -0.2) is 8.78 Å². The summed E-state index contributed by atoms with van der Waals surface area (Å²) in [6, 6.07) is 0. The van der Waals surface area contributed by atoms with E-state index in [1.165, 1.54) is 0 Å². The highest BCUT2D eigenvalue weighted by molar-refractivity contribution is 5.24. The molecule has 1 unspecified atom stereocenters. The number of halogens is 2. The lowest BCUT2D eigenvalue weighted by atomic mass is 10.3. The van der Waals surface area contributed by atoms with Gasteiger partial charge < -0.3 is 0 Å². The molecule has 0 nitrogen and oxygen atoms in total. The zero-order valence-corrected chi connectivity index (χ0v) is 6.75. The fourth-order valence-electron chi connectivity index (χ4n) is 1.61. The van der Waals surface area contributed by atoms with Crippen LogP contribution in [0.5, 0.6) is 0 Å². The Morgan fingerprint density at radius 3 is 1.50 bits per heavy atom. The summed E-state index contributed by atoms with van der Waals surface area (Å²) in [5, 5.41) is 0. The molecule has 0 heterocycles. The molecule has 0 aromatic carbocycles. The lowest BCUT2D eigenvalue weighted by Crippen LogP contribution is -1.92. The maximum Gasteiger partial charge on any atom is 0.257 e. The zero-order chi connectivity index (χ0) is 7.99. The van der Waals surface area contributed by atoms with E-state index in [-0.39, 0.29) is 5.92 Å². The average Bonchev–Trinajstić information content (AvgIpc) is 2.76. The van der Waals surface area contributed by atoms with Crippen molar-refractivity contribution in [3.8, 4) is 0 Å². The van der Waals surface area contributed by atoms with Crippen LogP contribution in [-0.2, 0) is 0 Å². The van der Waals surface area contributed by atoms with Crippen LogP contribution in [0.2, 0.25) is 0 Å². The Morgan fingerprint density at radius 2 is 1.50 bits per heavy atom. The first kappa shape index (κ1) is 7.96. The molecule has 0 N–H and O–H groups in total. The molecule has 2 saturated carbocycles. The van der Waals surface area contributed by atoms with E-state index < -0.39 is 11.3 Å². The molecular formula is C8H14F2. The van der Waals surface area contributed by atoms with Crippen molar-refractivity contribution >= 4 is 0 Å². The molecule has 0 bridgehead atoms. The Morgan fingerprint density at radius 1 is 1.20 bits per heavy atom. The van der Waals surface area contributed by atoms with Crippen LogP contribution in [0.3, 0.4) is 0 Å². The quantitative estimate of drug-likeness (QED) is 0.495. The summed E-state index contributed by atoms with van der Waals surface area (Å²) in [7, 11) is 0. The topological polar surface area (TPSA) is 0 Å². The summed E-state index contributed by atoms with van der Waals surface area (Å²) in [4.78, 5) is 0. The van der Waals surface area contributed by atoms with Gasteiger partial charge in [0.2, 0.25) is 0 Å². The molecule has 2 aliphatic rings. The summed E-state index contributed by atoms with van der Waals surface area (Å²) in [6.07, 6.45) is 1.53. The third kappa shape index (κ3) is 0.650. The standard InChI is InChI=1S/C6H8F2.C2H6/c1-4-5(2-3-5)6(4,7)8;1-2/h4H,2-3H2,1H3;1-2H3. The molecule has 60 valence electrons. The van der Waals surface area contributed by atoms with E-state index in [0.717, 1.165) is 12.8 Å². The summed E-state index contributed by atoms with van der Waals surface area (Å²) < 4.78 is 24.7. The predicted octanol–water partition coefficient (Wildman–Crippen LogP) is 3.08. The van der Waals surface area contributed by atoms with Crippen molar-refractivity contribution in [2.75, 3.05) is 0 Å². The molecule has 0 radical (unpaired) electrons. The number of alkyl halides is 2. The van der Waals surface area contributed by atoms with Crippen molar-refractivity contribution < 1.29 is 8.78 Å². The van der Waals surface area contributed by atoms with Gasteiger partial charge in [0.25, 0.3) is 5.92 Å². The fourth-order valence-corrected chi connectivity index (χ4v) is 1.61. The molecule has 0 saturated heterocycles. The molecular weight excluding hydrogens is 134 g/mol. The largest absolute Gasteiger partial charge is 0.257 e. The molecule has 2 heteroatoms. The Kier molecular flexibility index (Phi) is 1.53. The first-order valence-corrected chi connectivity index (χ1v) is 3.99. The van der Waals surface area contributed by atoms with E-state index in [1.54, 1.807) is 6.92 Å². The third-order valence-electron chi connectivity index (χ3n) is 2.74. The van der Waals surface area contributed by atoms with E-state index in [2.05, 4.69) is 0 Å². The highest BCUT2D eigenvalue weighted by Gasteiger charge is 2.83. The van der Waals surface area contributed by atoms with Crippen LogP contribution in [0.15, 0.2) is 0 Å². The second-order valence-electron chi connectivity index (χ2n) is 3.00. The molecule has 10 heavy (non-hydrogen) atoms. The van der Waals surface area contributed by atoms with E-state index >= 15 is 0 Å². The number of hydrogen-bond acceptors (Lipinski definition) is 0. The van der Waals surface area contributed by atoms with Gasteiger partial charge in [-0.2, -0.15) is 0 Å². The van der Waals surface area contributed by atoms with Gasteiger partial charge in [-0.1, -0.05) is 20.8 Å². The van der Waals surface area contributed by atoms with Crippen LogP contribution in [-0.4, -0.2) is 5.92 Å². The summed E-state index contributed by atoms with van der Waals surface area (Å²) >= 11 is 0. The minimum Gasteiger partial charge on any atom is -0.206 e. The molecule has 0 amide bonds. The lowest BCUT2D eigenvalue weighted by Gasteiger charge is -1.85. The molecule has 2 fully saturated rings. The second kappa shape index (κ2) is 1.93. The normalized spacial score (nSPS) is 36.3. The van der Waals surface area contributed by atoms with Gasteiger partial charge in [0.15, 0.2) is 0 Å². The number of rotatable bonds is 0. The maximum absolute atomic E-state index is 12.4. The summed E-state index contributed by atoms with van der Waals surface area (Å²) in [6.45, 7) is 5.65. The molecule has 1 spiro atoms. The van der Waals surface area contributed by atoms with Crippen LogP contribution in [0, 0.1) is 11.3 Å². The van der Waals surface area contributed by atoms with Crippen molar-refractivity contribution in [1.29, 1.82) is 0 Å². The zero-order valence-electron chi connectivity index (χ0n) is 6.75. The van der Waals surface area contributed by atoms with E-state index in [0.29, 0.717) is 0 Å². The van der Waals surface area contributed by atoms with E-state index in [9.17, 15) is 8.78 Å². The molecule has 2 aliphatic carbocycles. The van der Waals surface area contributed by atoms with Gasteiger partial charge in [-0.05, 0) is 12.8 Å².